The minimum Gasteiger partial charge on any atom is -0.465 e. The summed E-state index contributed by atoms with van der Waals surface area (Å²) in [7, 11) is 0. The summed E-state index contributed by atoms with van der Waals surface area (Å²) in [5, 5.41) is 6.46. The second-order valence-corrected chi connectivity index (χ2v) is 4.64. The lowest BCUT2D eigenvalue weighted by atomic mass is 10.1. The number of hydrogen-bond donors (Lipinski definition) is 3. The smallest absolute Gasteiger partial charge is 0.347 e. The first-order chi connectivity index (χ1) is 9.22. The van der Waals surface area contributed by atoms with E-state index in [1.54, 1.807) is 0 Å². The molecule has 0 bridgehead atoms. The summed E-state index contributed by atoms with van der Waals surface area (Å²) in [5.74, 6) is 2.34. The van der Waals surface area contributed by atoms with Gasteiger partial charge in [0.1, 0.15) is 17.3 Å². The Bertz CT molecular complexity index is 644. The molecule has 2 aromatic rings. The first-order valence-corrected chi connectivity index (χ1v) is 6.34. The van der Waals surface area contributed by atoms with Gasteiger partial charge in [0.2, 0.25) is 0 Å². The highest BCUT2D eigenvalue weighted by Crippen LogP contribution is 2.18. The number of nitrogens with zero attached hydrogens (tertiary/aromatic N) is 1. The Hall–Kier alpha value is -2.08. The van der Waals surface area contributed by atoms with Crippen LogP contribution in [0.1, 0.15) is 22.8 Å². The molecular weight excluding hydrogens is 244 g/mol. The van der Waals surface area contributed by atoms with E-state index in [4.69, 9.17) is 4.42 Å². The Kier molecular flexibility index (Phi) is 3.08. The van der Waals surface area contributed by atoms with Crippen molar-refractivity contribution in [3.8, 4) is 0 Å². The van der Waals surface area contributed by atoms with E-state index in [9.17, 15) is 4.79 Å². The summed E-state index contributed by atoms with van der Waals surface area (Å²) < 4.78 is 5.49. The summed E-state index contributed by atoms with van der Waals surface area (Å²) in [6.07, 6.45) is 0.821. The third-order valence-corrected chi connectivity index (χ3v) is 3.20. The molecule has 0 aromatic carbocycles. The molecule has 3 rings (SSSR count). The maximum Gasteiger partial charge on any atom is 0.347 e. The largest absolute Gasteiger partial charge is 0.465 e. The maximum atomic E-state index is 11.5. The van der Waals surface area contributed by atoms with Crippen molar-refractivity contribution >= 4 is 5.82 Å². The van der Waals surface area contributed by atoms with Crippen molar-refractivity contribution in [2.45, 2.75) is 26.4 Å². The molecule has 0 atom stereocenters. The Labute approximate surface area is 110 Å². The molecule has 0 saturated carbocycles. The van der Waals surface area contributed by atoms with Gasteiger partial charge in [0.25, 0.3) is 0 Å². The van der Waals surface area contributed by atoms with E-state index in [2.05, 4.69) is 20.6 Å². The topological polar surface area (TPSA) is 83.0 Å². The second-order valence-electron chi connectivity index (χ2n) is 4.64. The van der Waals surface area contributed by atoms with Gasteiger partial charge in [0, 0.05) is 30.8 Å². The number of aromatic nitrogens is 2. The van der Waals surface area contributed by atoms with Gasteiger partial charge in [-0.1, -0.05) is 0 Å². The molecule has 0 spiro atoms. The lowest BCUT2D eigenvalue weighted by molar-refractivity contribution is 0.490. The van der Waals surface area contributed by atoms with Crippen LogP contribution in [0.3, 0.4) is 0 Å². The molecule has 6 nitrogen and oxygen atoms in total. The maximum absolute atomic E-state index is 11.5. The molecule has 19 heavy (non-hydrogen) atoms. The Balaban J connectivity index is 1.84. The van der Waals surface area contributed by atoms with E-state index in [1.165, 1.54) is 0 Å². The highest BCUT2D eigenvalue weighted by molar-refractivity contribution is 5.46. The van der Waals surface area contributed by atoms with Crippen LogP contribution in [-0.2, 0) is 19.5 Å². The van der Waals surface area contributed by atoms with Crippen molar-refractivity contribution in [1.29, 1.82) is 0 Å². The van der Waals surface area contributed by atoms with Gasteiger partial charge in [-0.25, -0.2) is 4.79 Å². The molecule has 0 radical (unpaired) electrons. The quantitative estimate of drug-likeness (QED) is 0.764. The first-order valence-electron chi connectivity index (χ1n) is 6.34. The molecule has 0 unspecified atom stereocenters. The Morgan fingerprint density at radius 1 is 1.47 bits per heavy atom. The standard InChI is InChI=1S/C13H16N4O2/c1-8-2-3-9(19-8)6-15-12-10-7-14-5-4-11(10)16-13(18)17-12/h2-3,14H,4-7H2,1H3,(H2,15,16,17,18). The van der Waals surface area contributed by atoms with Crippen molar-refractivity contribution in [3.05, 3.63) is 45.4 Å². The van der Waals surface area contributed by atoms with Crippen LogP contribution < -0.4 is 16.3 Å². The monoisotopic (exact) mass is 260 g/mol. The van der Waals surface area contributed by atoms with Crippen LogP contribution >= 0.6 is 0 Å². The van der Waals surface area contributed by atoms with Gasteiger partial charge in [-0.2, -0.15) is 4.98 Å². The third kappa shape index (κ3) is 2.53. The van der Waals surface area contributed by atoms with Crippen molar-refractivity contribution in [2.75, 3.05) is 11.9 Å². The number of rotatable bonds is 3. The number of anilines is 1. The first kappa shape index (κ1) is 12.0. The molecule has 0 aliphatic carbocycles. The molecule has 3 heterocycles. The van der Waals surface area contributed by atoms with Crippen LogP contribution in [-0.4, -0.2) is 16.5 Å². The normalized spacial score (nSPS) is 14.2. The average molecular weight is 260 g/mol. The zero-order valence-corrected chi connectivity index (χ0v) is 10.7. The van der Waals surface area contributed by atoms with Crippen molar-refractivity contribution < 1.29 is 4.42 Å². The number of nitrogens with one attached hydrogen (secondary N) is 3. The van der Waals surface area contributed by atoms with Gasteiger partial charge < -0.3 is 20.0 Å². The Morgan fingerprint density at radius 2 is 2.37 bits per heavy atom. The summed E-state index contributed by atoms with van der Waals surface area (Å²) >= 11 is 0. The van der Waals surface area contributed by atoms with Gasteiger partial charge in [-0.3, -0.25) is 0 Å². The van der Waals surface area contributed by atoms with Crippen LogP contribution in [0.25, 0.3) is 0 Å². The van der Waals surface area contributed by atoms with Crippen molar-refractivity contribution in [1.82, 2.24) is 15.3 Å². The fraction of sp³-hybridized carbons (Fsp3) is 0.385. The van der Waals surface area contributed by atoms with Gasteiger partial charge in [-0.15, -0.1) is 0 Å². The van der Waals surface area contributed by atoms with Crippen LogP contribution in [0.2, 0.25) is 0 Å². The van der Waals surface area contributed by atoms with E-state index in [0.717, 1.165) is 42.3 Å². The molecule has 2 aromatic heterocycles. The van der Waals surface area contributed by atoms with E-state index in [-0.39, 0.29) is 5.69 Å². The van der Waals surface area contributed by atoms with Gasteiger partial charge in [0.15, 0.2) is 0 Å². The van der Waals surface area contributed by atoms with E-state index >= 15 is 0 Å². The van der Waals surface area contributed by atoms with Crippen LogP contribution in [0, 0.1) is 6.92 Å². The minimum atomic E-state index is -0.307. The molecule has 1 aliphatic heterocycles. The van der Waals surface area contributed by atoms with E-state index in [0.29, 0.717) is 12.4 Å². The summed E-state index contributed by atoms with van der Waals surface area (Å²) in [6.45, 7) is 4.03. The van der Waals surface area contributed by atoms with Gasteiger partial charge >= 0.3 is 5.69 Å². The number of fused-ring (bicyclic) bond motifs is 1. The number of furan rings is 1. The summed E-state index contributed by atoms with van der Waals surface area (Å²) in [5.41, 5.74) is 1.70. The molecule has 3 N–H and O–H groups in total. The van der Waals surface area contributed by atoms with Crippen LogP contribution in [0.5, 0.6) is 0 Å². The van der Waals surface area contributed by atoms with Crippen LogP contribution in [0.4, 0.5) is 5.82 Å². The summed E-state index contributed by atoms with van der Waals surface area (Å²) in [6, 6.07) is 3.83. The molecular formula is C13H16N4O2. The zero-order valence-electron chi connectivity index (χ0n) is 10.7. The average Bonchev–Trinajstić information content (AvgIpc) is 2.81. The molecule has 0 saturated heterocycles. The van der Waals surface area contributed by atoms with Gasteiger partial charge in [0.05, 0.1) is 6.54 Å². The summed E-state index contributed by atoms with van der Waals surface area (Å²) in [4.78, 5) is 18.3. The molecule has 1 aliphatic rings. The molecule has 100 valence electrons. The number of H-pyrrole nitrogens is 1. The lowest BCUT2D eigenvalue weighted by Crippen LogP contribution is -2.29. The lowest BCUT2D eigenvalue weighted by Gasteiger charge is -2.19. The van der Waals surface area contributed by atoms with E-state index < -0.39 is 0 Å². The predicted octanol–water partition coefficient (Wildman–Crippen LogP) is 0.929. The Morgan fingerprint density at radius 3 is 3.16 bits per heavy atom. The number of aryl methyl sites for hydroxylation is 1. The molecule has 0 amide bonds. The minimum absolute atomic E-state index is 0.307. The number of hydrogen-bond acceptors (Lipinski definition) is 5. The predicted molar refractivity (Wildman–Crippen MR) is 71.0 cm³/mol. The second kappa shape index (κ2) is 4.89. The fourth-order valence-electron chi connectivity index (χ4n) is 2.27. The highest BCUT2D eigenvalue weighted by Gasteiger charge is 2.15. The number of aromatic amines is 1. The van der Waals surface area contributed by atoms with E-state index in [1.807, 2.05) is 19.1 Å². The fourth-order valence-corrected chi connectivity index (χ4v) is 2.27. The van der Waals surface area contributed by atoms with Gasteiger partial charge in [-0.05, 0) is 19.1 Å². The highest BCUT2D eigenvalue weighted by atomic mass is 16.3. The zero-order chi connectivity index (χ0) is 13.2. The van der Waals surface area contributed by atoms with Crippen LogP contribution in [0.15, 0.2) is 21.3 Å². The molecule has 6 heteroatoms. The van der Waals surface area contributed by atoms with Crippen molar-refractivity contribution in [3.63, 3.8) is 0 Å². The third-order valence-electron chi connectivity index (χ3n) is 3.20. The SMILES string of the molecule is Cc1ccc(CNc2nc(=O)[nH]c3c2CNCC3)o1. The van der Waals surface area contributed by atoms with Crippen molar-refractivity contribution in [2.24, 2.45) is 0 Å². The molecule has 0 fully saturated rings.